The molecule has 1 aliphatic heterocycles. The van der Waals surface area contributed by atoms with Crippen molar-refractivity contribution in [2.75, 3.05) is 20.6 Å². The highest BCUT2D eigenvalue weighted by Gasteiger charge is 2.32. The van der Waals surface area contributed by atoms with E-state index in [9.17, 15) is 0 Å². The van der Waals surface area contributed by atoms with E-state index in [-0.39, 0.29) is 0 Å². The van der Waals surface area contributed by atoms with E-state index >= 15 is 0 Å². The molecular formula is C9H14N4+2. The molecule has 0 radical (unpaired) electrons. The number of aromatic nitrogens is 2. The molecule has 0 saturated heterocycles. The van der Waals surface area contributed by atoms with Crippen molar-refractivity contribution >= 4 is 12.1 Å². The molecule has 0 amide bonds. The molecule has 0 fully saturated rings. The molecule has 4 heteroatoms. The first-order valence-corrected chi connectivity index (χ1v) is 4.32. The van der Waals surface area contributed by atoms with Gasteiger partial charge in [-0.1, -0.05) is 0 Å². The Labute approximate surface area is 77.5 Å². The number of hydrogen-bond donors (Lipinski definition) is 0. The summed E-state index contributed by atoms with van der Waals surface area (Å²) in [5.74, 6) is 2.17. The molecule has 0 saturated carbocycles. The second-order valence-electron chi connectivity index (χ2n) is 3.36. The fourth-order valence-electron chi connectivity index (χ4n) is 1.60. The van der Waals surface area contributed by atoms with E-state index in [4.69, 9.17) is 0 Å². The molecule has 2 rings (SSSR count). The lowest BCUT2D eigenvalue weighted by Gasteiger charge is -1.94. The quantitative estimate of drug-likeness (QED) is 0.534. The van der Waals surface area contributed by atoms with Gasteiger partial charge in [0.25, 0.3) is 5.82 Å². The fraction of sp³-hybridized carbons (Fsp3) is 0.444. The second-order valence-corrected chi connectivity index (χ2v) is 3.36. The molecule has 2 heterocycles. The lowest BCUT2D eigenvalue weighted by atomic mass is 10.5. The molecule has 1 aromatic heterocycles. The Morgan fingerprint density at radius 3 is 2.69 bits per heavy atom. The van der Waals surface area contributed by atoms with E-state index in [0.29, 0.717) is 0 Å². The number of aryl methyl sites for hydroxylation is 1. The van der Waals surface area contributed by atoms with Crippen LogP contribution in [-0.4, -0.2) is 51.4 Å². The Balaban J connectivity index is 2.53. The van der Waals surface area contributed by atoms with Crippen LogP contribution in [0.4, 0.5) is 0 Å². The minimum Gasteiger partial charge on any atom is -0.323 e. The predicted molar refractivity (Wildman–Crippen MR) is 50.6 cm³/mol. The van der Waals surface area contributed by atoms with Crippen molar-refractivity contribution in [2.24, 2.45) is 7.05 Å². The van der Waals surface area contributed by atoms with Crippen molar-refractivity contribution in [3.8, 4) is 0 Å². The van der Waals surface area contributed by atoms with Crippen molar-refractivity contribution in [2.45, 2.75) is 0 Å². The highest BCUT2D eigenvalue weighted by Crippen LogP contribution is 2.00. The van der Waals surface area contributed by atoms with Crippen LogP contribution in [0.15, 0.2) is 12.4 Å². The minimum atomic E-state index is 0.957. The van der Waals surface area contributed by atoms with Gasteiger partial charge in [0.05, 0.1) is 0 Å². The molecule has 0 aromatic carbocycles. The lowest BCUT2D eigenvalue weighted by molar-refractivity contribution is -0.513. The average molecular weight is 178 g/mol. The van der Waals surface area contributed by atoms with Crippen LogP contribution in [-0.2, 0) is 7.05 Å². The van der Waals surface area contributed by atoms with Crippen molar-refractivity contribution in [1.82, 2.24) is 9.55 Å². The van der Waals surface area contributed by atoms with E-state index < -0.39 is 0 Å². The smallest absolute Gasteiger partial charge is 0.323 e. The van der Waals surface area contributed by atoms with Crippen molar-refractivity contribution in [3.63, 3.8) is 0 Å². The summed E-state index contributed by atoms with van der Waals surface area (Å²) in [5.41, 5.74) is 0. The van der Waals surface area contributed by atoms with Gasteiger partial charge in [-0.25, -0.2) is 4.98 Å². The van der Waals surface area contributed by atoms with Gasteiger partial charge in [0.1, 0.15) is 14.1 Å². The zero-order valence-corrected chi connectivity index (χ0v) is 8.23. The van der Waals surface area contributed by atoms with Gasteiger partial charge in [-0.2, -0.15) is 4.58 Å². The van der Waals surface area contributed by atoms with E-state index in [1.807, 2.05) is 31.1 Å². The van der Waals surface area contributed by atoms with Gasteiger partial charge in [0, 0.05) is 19.4 Å². The Kier molecular flexibility index (Phi) is 1.76. The Morgan fingerprint density at radius 2 is 2.23 bits per heavy atom. The van der Waals surface area contributed by atoms with Crippen LogP contribution in [0.25, 0.3) is 0 Å². The van der Waals surface area contributed by atoms with Gasteiger partial charge in [-0.05, 0) is 0 Å². The van der Waals surface area contributed by atoms with Gasteiger partial charge >= 0.3 is 5.84 Å². The van der Waals surface area contributed by atoms with Crippen LogP contribution < -0.4 is 0 Å². The third kappa shape index (κ3) is 1.18. The molecule has 0 aliphatic carbocycles. The Hall–Kier alpha value is -1.45. The molecule has 0 N–H and O–H groups in total. The fourth-order valence-corrected chi connectivity index (χ4v) is 1.60. The van der Waals surface area contributed by atoms with Crippen LogP contribution in [0.3, 0.4) is 0 Å². The molecule has 13 heavy (non-hydrogen) atoms. The zero-order valence-electron chi connectivity index (χ0n) is 8.23. The van der Waals surface area contributed by atoms with Crippen LogP contribution in [0.2, 0.25) is 0 Å². The van der Waals surface area contributed by atoms with Crippen LogP contribution in [0.5, 0.6) is 0 Å². The summed E-state index contributed by atoms with van der Waals surface area (Å²) < 4.78 is 6.33. The molecule has 0 atom stereocenters. The van der Waals surface area contributed by atoms with Gasteiger partial charge < -0.3 is 4.57 Å². The number of hydrogen-bond acceptors (Lipinski definition) is 1. The van der Waals surface area contributed by atoms with E-state index in [0.717, 1.165) is 18.2 Å². The molecular weight excluding hydrogens is 164 g/mol. The number of nitrogens with zero attached hydrogens (tertiary/aromatic N) is 4. The monoisotopic (exact) mass is 178 g/mol. The average Bonchev–Trinajstić information content (AvgIpc) is 2.60. The summed E-state index contributed by atoms with van der Waals surface area (Å²) in [6.07, 6.45) is 5.93. The normalized spacial score (nSPS) is 16.7. The number of rotatable bonds is 1. The van der Waals surface area contributed by atoms with E-state index in [2.05, 4.69) is 27.4 Å². The molecule has 4 nitrogen and oxygen atoms in total. The summed E-state index contributed by atoms with van der Waals surface area (Å²) in [4.78, 5) is 4.32. The van der Waals surface area contributed by atoms with Gasteiger partial charge in [-0.15, -0.1) is 4.58 Å². The molecule has 0 spiro atoms. The van der Waals surface area contributed by atoms with Crippen molar-refractivity contribution in [1.29, 1.82) is 0 Å². The van der Waals surface area contributed by atoms with Gasteiger partial charge in [0.15, 0.2) is 0 Å². The topological polar surface area (TPSA) is 23.8 Å². The summed E-state index contributed by atoms with van der Waals surface area (Å²) in [7, 11) is 6.13. The summed E-state index contributed by atoms with van der Waals surface area (Å²) in [6, 6.07) is 0. The number of amidine groups is 1. The third-order valence-corrected chi connectivity index (χ3v) is 2.35. The zero-order chi connectivity index (χ0) is 9.42. The predicted octanol–water partition coefficient (Wildman–Crippen LogP) is -0.464. The Morgan fingerprint density at radius 1 is 1.46 bits per heavy atom. The molecule has 68 valence electrons. The van der Waals surface area contributed by atoms with Crippen LogP contribution >= 0.6 is 0 Å². The summed E-state index contributed by atoms with van der Waals surface area (Å²) in [6.45, 7) is 0.957. The maximum atomic E-state index is 4.32. The lowest BCUT2D eigenvalue weighted by Crippen LogP contribution is -2.24. The highest BCUT2D eigenvalue weighted by atomic mass is 15.2. The van der Waals surface area contributed by atoms with Crippen molar-refractivity contribution < 1.29 is 9.15 Å². The first-order chi connectivity index (χ1) is 6.20. The number of imidazole rings is 1. The second kappa shape index (κ2) is 2.80. The summed E-state index contributed by atoms with van der Waals surface area (Å²) >= 11 is 0. The Bertz CT molecular complexity index is 398. The summed E-state index contributed by atoms with van der Waals surface area (Å²) in [5, 5.41) is 0. The van der Waals surface area contributed by atoms with Gasteiger partial charge in [-0.3, -0.25) is 0 Å². The van der Waals surface area contributed by atoms with E-state index in [1.54, 1.807) is 0 Å². The van der Waals surface area contributed by atoms with Crippen LogP contribution in [0.1, 0.15) is 5.82 Å². The largest absolute Gasteiger partial charge is 0.482 e. The molecule has 0 unspecified atom stereocenters. The van der Waals surface area contributed by atoms with Crippen LogP contribution in [0, 0.1) is 0 Å². The van der Waals surface area contributed by atoms with E-state index in [1.165, 1.54) is 0 Å². The molecule has 1 aromatic rings. The minimum absolute atomic E-state index is 0.957. The first-order valence-electron chi connectivity index (χ1n) is 4.32. The SMILES string of the molecule is Cn1ccnc1C1=[N+](C)CC=[N+]1C. The standard InChI is InChI=1S/C9H14N4/c1-11-5-4-10-8(11)9-12(2)6-7-13(9)3/h4-6H,7H2,1-3H3/q+2. The maximum Gasteiger partial charge on any atom is 0.482 e. The van der Waals surface area contributed by atoms with Crippen molar-refractivity contribution in [3.05, 3.63) is 18.2 Å². The highest BCUT2D eigenvalue weighted by molar-refractivity contribution is 5.89. The van der Waals surface area contributed by atoms with Gasteiger partial charge in [0.2, 0.25) is 12.8 Å². The molecule has 1 aliphatic rings. The first kappa shape index (κ1) is 8.16. The maximum absolute atomic E-state index is 4.32. The third-order valence-electron chi connectivity index (χ3n) is 2.35. The molecule has 0 bridgehead atoms.